The average molecular weight is 340 g/mol. The minimum Gasteiger partial charge on any atom is -0.497 e. The number of methoxy groups -OCH3 is 1. The first-order valence-electron chi connectivity index (χ1n) is 6.16. The number of benzene rings is 2. The van der Waals surface area contributed by atoms with Gasteiger partial charge in [-0.1, -0.05) is 35.3 Å². The normalized spacial score (nSPS) is 10.8. The molecule has 3 aromatic rings. The number of rotatable bonds is 4. The maximum Gasteiger partial charge on any atom is 0.130 e. The Balaban J connectivity index is 1.86. The van der Waals surface area contributed by atoms with Crippen molar-refractivity contribution in [3.05, 3.63) is 45.9 Å². The van der Waals surface area contributed by atoms with Gasteiger partial charge in [0.05, 0.1) is 34.6 Å². The predicted molar refractivity (Wildman–Crippen MR) is 87.8 cm³/mol. The second-order valence-electron chi connectivity index (χ2n) is 4.38. The highest BCUT2D eigenvalue weighted by Gasteiger charge is 2.13. The van der Waals surface area contributed by atoms with Gasteiger partial charge in [-0.15, -0.1) is 0 Å². The van der Waals surface area contributed by atoms with Crippen LogP contribution in [-0.2, 0) is 6.54 Å². The van der Waals surface area contributed by atoms with E-state index in [1.807, 2.05) is 24.3 Å². The van der Waals surface area contributed by atoms with Crippen molar-refractivity contribution in [2.24, 2.45) is 0 Å². The molecule has 0 unspecified atom stereocenters. The standard InChI is InChI=1S/C14H11Cl2N3OS/c1-20-9-4-2-8(3-5-9)7-17-12-10(15)6-11(16)13-14(12)19-21-18-13/h2-6,17H,7H2,1H3. The largest absolute Gasteiger partial charge is 0.497 e. The Kier molecular flexibility index (Phi) is 4.14. The predicted octanol–water partition coefficient (Wildman–Crippen LogP) is 4.62. The van der Waals surface area contributed by atoms with E-state index in [4.69, 9.17) is 27.9 Å². The fourth-order valence-corrected chi connectivity index (χ4v) is 3.16. The smallest absolute Gasteiger partial charge is 0.130 e. The maximum absolute atomic E-state index is 6.25. The molecule has 4 nitrogen and oxygen atoms in total. The Morgan fingerprint density at radius 3 is 2.52 bits per heavy atom. The van der Waals surface area contributed by atoms with E-state index in [9.17, 15) is 0 Å². The van der Waals surface area contributed by atoms with E-state index >= 15 is 0 Å². The molecular formula is C14H11Cl2N3OS. The molecule has 21 heavy (non-hydrogen) atoms. The van der Waals surface area contributed by atoms with Crippen LogP contribution < -0.4 is 10.1 Å². The zero-order valence-corrected chi connectivity index (χ0v) is 13.4. The molecule has 0 bridgehead atoms. The Bertz CT molecular complexity index is 774. The minimum absolute atomic E-state index is 0.513. The molecule has 2 aromatic carbocycles. The highest BCUT2D eigenvalue weighted by atomic mass is 35.5. The third kappa shape index (κ3) is 2.90. The van der Waals surface area contributed by atoms with E-state index in [1.54, 1.807) is 13.2 Å². The highest BCUT2D eigenvalue weighted by molar-refractivity contribution is 7.00. The van der Waals surface area contributed by atoms with E-state index < -0.39 is 0 Å². The molecule has 1 N–H and O–H groups in total. The van der Waals surface area contributed by atoms with Crippen molar-refractivity contribution in [1.29, 1.82) is 0 Å². The first-order valence-corrected chi connectivity index (χ1v) is 7.64. The molecule has 1 heterocycles. The quantitative estimate of drug-likeness (QED) is 0.753. The second kappa shape index (κ2) is 6.05. The number of nitrogens with one attached hydrogen (secondary N) is 1. The lowest BCUT2D eigenvalue weighted by Gasteiger charge is -2.10. The SMILES string of the molecule is COc1ccc(CNc2c(Cl)cc(Cl)c3nsnc23)cc1. The molecule has 0 aliphatic heterocycles. The second-order valence-corrected chi connectivity index (χ2v) is 5.72. The molecule has 0 atom stereocenters. The Labute approximate surface area is 136 Å². The molecule has 0 aliphatic rings. The van der Waals surface area contributed by atoms with Crippen LogP contribution in [0.5, 0.6) is 5.75 Å². The van der Waals surface area contributed by atoms with Crippen LogP contribution in [0, 0.1) is 0 Å². The third-order valence-corrected chi connectivity index (χ3v) is 4.19. The number of nitrogens with zero attached hydrogens (tertiary/aromatic N) is 2. The minimum atomic E-state index is 0.513. The zero-order valence-electron chi connectivity index (χ0n) is 11.1. The molecule has 0 saturated carbocycles. The summed E-state index contributed by atoms with van der Waals surface area (Å²) in [5, 5.41) is 4.34. The van der Waals surface area contributed by atoms with Crippen molar-refractivity contribution in [2.45, 2.75) is 6.54 Å². The van der Waals surface area contributed by atoms with Crippen LogP contribution in [0.15, 0.2) is 30.3 Å². The van der Waals surface area contributed by atoms with Crippen molar-refractivity contribution in [1.82, 2.24) is 8.75 Å². The van der Waals surface area contributed by atoms with Crippen LogP contribution in [0.3, 0.4) is 0 Å². The lowest BCUT2D eigenvalue weighted by atomic mass is 10.2. The summed E-state index contributed by atoms with van der Waals surface area (Å²) in [4.78, 5) is 0. The van der Waals surface area contributed by atoms with E-state index in [-0.39, 0.29) is 0 Å². The van der Waals surface area contributed by atoms with Crippen LogP contribution >= 0.6 is 34.9 Å². The molecule has 0 radical (unpaired) electrons. The van der Waals surface area contributed by atoms with Gasteiger partial charge in [0.2, 0.25) is 0 Å². The topological polar surface area (TPSA) is 47.0 Å². The van der Waals surface area contributed by atoms with Gasteiger partial charge >= 0.3 is 0 Å². The molecule has 0 saturated heterocycles. The van der Waals surface area contributed by atoms with Crippen molar-refractivity contribution in [2.75, 3.05) is 12.4 Å². The summed E-state index contributed by atoms with van der Waals surface area (Å²) < 4.78 is 13.6. The van der Waals surface area contributed by atoms with Crippen molar-refractivity contribution in [3.63, 3.8) is 0 Å². The van der Waals surface area contributed by atoms with Gasteiger partial charge in [-0.2, -0.15) is 8.75 Å². The lowest BCUT2D eigenvalue weighted by Crippen LogP contribution is -2.01. The summed E-state index contributed by atoms with van der Waals surface area (Å²) in [6, 6.07) is 9.50. The van der Waals surface area contributed by atoms with Crippen LogP contribution in [0.2, 0.25) is 10.0 Å². The molecule has 1 aromatic heterocycles. The van der Waals surface area contributed by atoms with Crippen LogP contribution in [-0.4, -0.2) is 15.9 Å². The Hall–Kier alpha value is -1.56. The lowest BCUT2D eigenvalue weighted by molar-refractivity contribution is 0.414. The Morgan fingerprint density at radius 1 is 1.10 bits per heavy atom. The van der Waals surface area contributed by atoms with Crippen molar-refractivity contribution < 1.29 is 4.74 Å². The number of hydrogen-bond acceptors (Lipinski definition) is 5. The van der Waals surface area contributed by atoms with Gasteiger partial charge in [0.15, 0.2) is 0 Å². The molecule has 0 spiro atoms. The summed E-state index contributed by atoms with van der Waals surface area (Å²) in [6.45, 7) is 0.623. The monoisotopic (exact) mass is 339 g/mol. The fraction of sp³-hybridized carbons (Fsp3) is 0.143. The van der Waals surface area contributed by atoms with Gasteiger partial charge in [0, 0.05) is 6.54 Å². The zero-order chi connectivity index (χ0) is 14.8. The summed E-state index contributed by atoms with van der Waals surface area (Å²) in [6.07, 6.45) is 0. The Morgan fingerprint density at radius 2 is 1.81 bits per heavy atom. The first-order chi connectivity index (χ1) is 10.2. The molecule has 108 valence electrons. The number of hydrogen-bond donors (Lipinski definition) is 1. The maximum atomic E-state index is 6.25. The van der Waals surface area contributed by atoms with E-state index in [2.05, 4.69) is 14.1 Å². The summed E-state index contributed by atoms with van der Waals surface area (Å²) in [5.74, 6) is 0.828. The third-order valence-electron chi connectivity index (χ3n) is 3.07. The van der Waals surface area contributed by atoms with Crippen molar-refractivity contribution >= 4 is 51.7 Å². The number of fused-ring (bicyclic) bond motifs is 1. The van der Waals surface area contributed by atoms with Gasteiger partial charge < -0.3 is 10.1 Å². The molecule has 7 heteroatoms. The van der Waals surface area contributed by atoms with Gasteiger partial charge in [-0.25, -0.2) is 0 Å². The van der Waals surface area contributed by atoms with Crippen molar-refractivity contribution in [3.8, 4) is 5.75 Å². The van der Waals surface area contributed by atoms with Gasteiger partial charge in [-0.3, -0.25) is 0 Å². The average Bonchev–Trinajstić information content (AvgIpc) is 2.97. The fourth-order valence-electron chi connectivity index (χ4n) is 1.98. The summed E-state index contributed by atoms with van der Waals surface area (Å²) >= 11 is 13.5. The van der Waals surface area contributed by atoms with Crippen LogP contribution in [0.4, 0.5) is 5.69 Å². The number of ether oxygens (including phenoxy) is 1. The van der Waals surface area contributed by atoms with E-state index in [1.165, 1.54) is 0 Å². The molecule has 0 aliphatic carbocycles. The highest BCUT2D eigenvalue weighted by Crippen LogP contribution is 2.35. The molecular weight excluding hydrogens is 329 g/mol. The first kappa shape index (κ1) is 14.4. The van der Waals surface area contributed by atoms with Gasteiger partial charge in [-0.05, 0) is 23.8 Å². The van der Waals surface area contributed by atoms with Gasteiger partial charge in [0.25, 0.3) is 0 Å². The molecule has 0 amide bonds. The summed E-state index contributed by atoms with van der Waals surface area (Å²) in [5.41, 5.74) is 3.23. The molecule has 3 rings (SSSR count). The van der Waals surface area contributed by atoms with E-state index in [0.29, 0.717) is 27.6 Å². The number of halogens is 2. The number of anilines is 1. The summed E-state index contributed by atoms with van der Waals surface area (Å²) in [7, 11) is 1.65. The number of aromatic nitrogens is 2. The van der Waals surface area contributed by atoms with Crippen LogP contribution in [0.25, 0.3) is 11.0 Å². The van der Waals surface area contributed by atoms with Crippen LogP contribution in [0.1, 0.15) is 5.56 Å². The van der Waals surface area contributed by atoms with Gasteiger partial charge in [0.1, 0.15) is 16.8 Å². The molecule has 0 fully saturated rings. The van der Waals surface area contributed by atoms with E-state index in [0.717, 1.165) is 28.7 Å².